The number of nitrogens with zero attached hydrogens (tertiary/aromatic N) is 2. The van der Waals surface area contributed by atoms with Crippen LogP contribution < -0.4 is 10.0 Å². The van der Waals surface area contributed by atoms with Crippen molar-refractivity contribution in [3.05, 3.63) is 54.9 Å². The van der Waals surface area contributed by atoms with Gasteiger partial charge in [-0.2, -0.15) is 0 Å². The van der Waals surface area contributed by atoms with Gasteiger partial charge in [-0.25, -0.2) is 13.2 Å². The first-order valence-electron chi connectivity index (χ1n) is 8.07. The molecule has 132 valence electrons. The van der Waals surface area contributed by atoms with E-state index in [4.69, 9.17) is 0 Å². The van der Waals surface area contributed by atoms with Gasteiger partial charge in [-0.05, 0) is 37.1 Å². The molecule has 8 heteroatoms. The number of amides is 2. The van der Waals surface area contributed by atoms with Gasteiger partial charge in [0.25, 0.3) is 0 Å². The molecule has 1 saturated heterocycles. The number of aromatic nitrogens is 1. The summed E-state index contributed by atoms with van der Waals surface area (Å²) in [5.41, 5.74) is 1.16. The van der Waals surface area contributed by atoms with Gasteiger partial charge in [0.05, 0.1) is 5.25 Å². The fourth-order valence-corrected chi connectivity index (χ4v) is 4.25. The Morgan fingerprint density at radius 3 is 2.52 bits per heavy atom. The molecule has 1 aromatic heterocycles. The van der Waals surface area contributed by atoms with E-state index in [1.165, 1.54) is 0 Å². The third kappa shape index (κ3) is 4.48. The number of likely N-dealkylation sites (tertiary alicyclic amines) is 1. The van der Waals surface area contributed by atoms with E-state index in [0.717, 1.165) is 0 Å². The van der Waals surface area contributed by atoms with Crippen molar-refractivity contribution in [2.75, 3.05) is 23.1 Å². The first-order chi connectivity index (χ1) is 12.0. The summed E-state index contributed by atoms with van der Waals surface area (Å²) in [4.78, 5) is 17.8. The molecule has 1 atom stereocenters. The number of hydrogen-bond acceptors (Lipinski definition) is 4. The van der Waals surface area contributed by atoms with Crippen LogP contribution in [0.1, 0.15) is 12.8 Å². The van der Waals surface area contributed by atoms with E-state index in [9.17, 15) is 13.2 Å². The lowest BCUT2D eigenvalue weighted by Crippen LogP contribution is -2.48. The molecule has 25 heavy (non-hydrogen) atoms. The van der Waals surface area contributed by atoms with E-state index in [0.29, 0.717) is 30.8 Å². The van der Waals surface area contributed by atoms with Crippen molar-refractivity contribution in [2.45, 2.75) is 18.1 Å². The number of carbonyl (C=O) groups excluding carboxylic acids is 1. The van der Waals surface area contributed by atoms with Crippen molar-refractivity contribution < 1.29 is 13.2 Å². The third-order valence-electron chi connectivity index (χ3n) is 4.07. The molecule has 7 nitrogen and oxygen atoms in total. The number of rotatable bonds is 4. The number of nitrogens with one attached hydrogen (secondary N) is 2. The summed E-state index contributed by atoms with van der Waals surface area (Å²) < 4.78 is 27.8. The minimum Gasteiger partial charge on any atom is -0.323 e. The number of carbonyl (C=O) groups is 1. The highest BCUT2D eigenvalue weighted by molar-refractivity contribution is 7.93. The van der Waals surface area contributed by atoms with Crippen molar-refractivity contribution in [3.8, 4) is 0 Å². The lowest BCUT2D eigenvalue weighted by molar-refractivity contribution is 0.200. The summed E-state index contributed by atoms with van der Waals surface area (Å²) >= 11 is 0. The molecular formula is C17H20N4O3S. The number of pyridine rings is 1. The molecule has 0 unspecified atom stereocenters. The number of urea groups is 1. The van der Waals surface area contributed by atoms with E-state index in [2.05, 4.69) is 15.0 Å². The highest BCUT2D eigenvalue weighted by atomic mass is 32.2. The quantitative estimate of drug-likeness (QED) is 0.876. The van der Waals surface area contributed by atoms with Crippen molar-refractivity contribution in [2.24, 2.45) is 0 Å². The molecule has 0 bridgehead atoms. The maximum Gasteiger partial charge on any atom is 0.321 e. The largest absolute Gasteiger partial charge is 0.323 e. The number of para-hydroxylation sites is 1. The fraction of sp³-hybridized carbons (Fsp3) is 0.294. The van der Waals surface area contributed by atoms with E-state index >= 15 is 0 Å². The van der Waals surface area contributed by atoms with Gasteiger partial charge in [-0.1, -0.05) is 18.2 Å². The lowest BCUT2D eigenvalue weighted by atomic mass is 10.1. The van der Waals surface area contributed by atoms with Crippen LogP contribution >= 0.6 is 0 Å². The van der Waals surface area contributed by atoms with Crippen LogP contribution in [0.4, 0.5) is 16.2 Å². The van der Waals surface area contributed by atoms with Crippen LogP contribution in [-0.2, 0) is 10.0 Å². The van der Waals surface area contributed by atoms with Crippen LogP contribution in [0.15, 0.2) is 54.9 Å². The van der Waals surface area contributed by atoms with Gasteiger partial charge in [0.2, 0.25) is 10.0 Å². The van der Waals surface area contributed by atoms with Crippen LogP contribution in [0.5, 0.6) is 0 Å². The van der Waals surface area contributed by atoms with Crippen LogP contribution in [0.2, 0.25) is 0 Å². The average Bonchev–Trinajstić information content (AvgIpc) is 2.63. The zero-order chi connectivity index (χ0) is 17.7. The fourth-order valence-electron chi connectivity index (χ4n) is 2.77. The Bertz CT molecular complexity index is 812. The lowest BCUT2D eigenvalue weighted by Gasteiger charge is -2.32. The summed E-state index contributed by atoms with van der Waals surface area (Å²) in [5, 5.41) is 2.13. The second-order valence-electron chi connectivity index (χ2n) is 5.89. The Morgan fingerprint density at radius 2 is 1.80 bits per heavy atom. The van der Waals surface area contributed by atoms with Gasteiger partial charge in [-0.3, -0.25) is 9.71 Å². The van der Waals surface area contributed by atoms with Gasteiger partial charge in [-0.15, -0.1) is 0 Å². The van der Waals surface area contributed by atoms with Crippen LogP contribution in [-0.4, -0.2) is 42.7 Å². The molecule has 2 heterocycles. The number of sulfonamides is 1. The predicted molar refractivity (Wildman–Crippen MR) is 96.8 cm³/mol. The van der Waals surface area contributed by atoms with Gasteiger partial charge in [0, 0.05) is 36.9 Å². The minimum absolute atomic E-state index is 0.166. The average molecular weight is 360 g/mol. The zero-order valence-electron chi connectivity index (χ0n) is 13.6. The number of hydrogen-bond donors (Lipinski definition) is 2. The molecular weight excluding hydrogens is 340 g/mol. The Labute approximate surface area is 147 Å². The number of benzene rings is 1. The number of anilines is 2. The molecule has 3 rings (SSSR count). The minimum atomic E-state index is -3.56. The Kier molecular flexibility index (Phi) is 5.18. The van der Waals surface area contributed by atoms with E-state index in [1.807, 2.05) is 6.07 Å². The third-order valence-corrected chi connectivity index (χ3v) is 5.85. The predicted octanol–water partition coefficient (Wildman–Crippen LogP) is 2.52. The Morgan fingerprint density at radius 1 is 1.08 bits per heavy atom. The Hall–Kier alpha value is -2.61. The Balaban J connectivity index is 1.65. The van der Waals surface area contributed by atoms with Gasteiger partial charge < -0.3 is 10.2 Å². The zero-order valence-corrected chi connectivity index (χ0v) is 14.4. The second kappa shape index (κ2) is 7.52. The highest BCUT2D eigenvalue weighted by Crippen LogP contribution is 2.20. The standard InChI is InChI=1S/C17H20N4O3S/c22-17(19-14-8-10-18-11-9-14)21-12-4-7-16(13-21)25(23,24)20-15-5-2-1-3-6-15/h1-3,5-6,8-11,16,20H,4,7,12-13H2,(H,18,19,22)/t16-/m1/s1. The van der Waals surface area contributed by atoms with Crippen molar-refractivity contribution in [1.82, 2.24) is 9.88 Å². The monoisotopic (exact) mass is 360 g/mol. The molecule has 1 aliphatic heterocycles. The molecule has 2 aromatic rings. The molecule has 1 fully saturated rings. The van der Waals surface area contributed by atoms with Crippen molar-refractivity contribution in [1.29, 1.82) is 0 Å². The van der Waals surface area contributed by atoms with E-state index in [1.54, 1.807) is 53.7 Å². The highest BCUT2D eigenvalue weighted by Gasteiger charge is 2.32. The van der Waals surface area contributed by atoms with Gasteiger partial charge in [0.1, 0.15) is 0 Å². The second-order valence-corrected chi connectivity index (χ2v) is 7.85. The molecule has 1 aromatic carbocycles. The maximum atomic E-state index is 12.6. The summed E-state index contributed by atoms with van der Waals surface area (Å²) in [6, 6.07) is 11.8. The molecule has 2 N–H and O–H groups in total. The summed E-state index contributed by atoms with van der Waals surface area (Å²) in [5.74, 6) is 0. The summed E-state index contributed by atoms with van der Waals surface area (Å²) in [6.07, 6.45) is 4.34. The molecule has 2 amide bonds. The molecule has 0 saturated carbocycles. The number of piperidine rings is 1. The van der Waals surface area contributed by atoms with Crippen LogP contribution in [0.3, 0.4) is 0 Å². The summed E-state index contributed by atoms with van der Waals surface area (Å²) in [7, 11) is -3.56. The van der Waals surface area contributed by atoms with Gasteiger partial charge >= 0.3 is 6.03 Å². The summed E-state index contributed by atoms with van der Waals surface area (Å²) in [6.45, 7) is 0.702. The van der Waals surface area contributed by atoms with Crippen molar-refractivity contribution in [3.63, 3.8) is 0 Å². The normalized spacial score (nSPS) is 17.8. The molecule has 0 spiro atoms. The molecule has 1 aliphatic rings. The van der Waals surface area contributed by atoms with Crippen molar-refractivity contribution >= 4 is 27.4 Å². The van der Waals surface area contributed by atoms with Crippen LogP contribution in [0.25, 0.3) is 0 Å². The van der Waals surface area contributed by atoms with E-state index in [-0.39, 0.29) is 12.6 Å². The van der Waals surface area contributed by atoms with E-state index < -0.39 is 15.3 Å². The topological polar surface area (TPSA) is 91.4 Å². The SMILES string of the molecule is O=C(Nc1ccncc1)N1CCC[C@@H](S(=O)(=O)Nc2ccccc2)C1. The molecule has 0 radical (unpaired) electrons. The maximum absolute atomic E-state index is 12.6. The van der Waals surface area contributed by atoms with Crippen LogP contribution in [0, 0.1) is 0 Å². The van der Waals surface area contributed by atoms with Gasteiger partial charge in [0.15, 0.2) is 0 Å². The first-order valence-corrected chi connectivity index (χ1v) is 9.62. The smallest absolute Gasteiger partial charge is 0.321 e. The first kappa shape index (κ1) is 17.2. The molecule has 0 aliphatic carbocycles.